The summed E-state index contributed by atoms with van der Waals surface area (Å²) in [6, 6.07) is 22.0. The second kappa shape index (κ2) is 11.8. The van der Waals surface area contributed by atoms with Crippen LogP contribution in [0.4, 0.5) is 5.69 Å². The molecule has 0 amide bonds. The molecule has 0 aliphatic rings. The molecule has 3 aromatic carbocycles. The number of allylic oxidation sites excluding steroid dienone is 1. The normalized spacial score (nSPS) is 11.3. The maximum atomic E-state index is 12.5. The van der Waals surface area contributed by atoms with Gasteiger partial charge in [-0.25, -0.2) is 8.42 Å². The van der Waals surface area contributed by atoms with Gasteiger partial charge in [0.15, 0.2) is 5.78 Å². The lowest BCUT2D eigenvalue weighted by molar-refractivity contribution is -0.137. The Balaban J connectivity index is 1.54. The molecule has 0 radical (unpaired) electrons. The molecule has 0 saturated carbocycles. The molecule has 7 nitrogen and oxygen atoms in total. The van der Waals surface area contributed by atoms with Gasteiger partial charge in [0.25, 0.3) is 10.0 Å². The van der Waals surface area contributed by atoms with Gasteiger partial charge in [-0.3, -0.25) is 14.3 Å². The lowest BCUT2D eigenvalue weighted by atomic mass is 10.1. The molecule has 0 aliphatic heterocycles. The highest BCUT2D eigenvalue weighted by Crippen LogP contribution is 2.20. The molecule has 3 rings (SSSR count). The fourth-order valence-electron chi connectivity index (χ4n) is 3.15. The van der Waals surface area contributed by atoms with E-state index in [1.54, 1.807) is 66.7 Å². The fraction of sp³-hybridized carbons (Fsp3) is 0.154. The summed E-state index contributed by atoms with van der Waals surface area (Å²) in [6.07, 6.45) is 3.53. The van der Waals surface area contributed by atoms with E-state index in [1.807, 2.05) is 6.07 Å². The highest BCUT2D eigenvalue weighted by atomic mass is 32.2. The first kappa shape index (κ1) is 24.7. The summed E-state index contributed by atoms with van der Waals surface area (Å²) in [4.78, 5) is 23.2. The van der Waals surface area contributed by atoms with Crippen LogP contribution in [0, 0.1) is 0 Å². The number of carbonyl (C=O) groups is 2. The lowest BCUT2D eigenvalue weighted by Gasteiger charge is -2.10. The van der Waals surface area contributed by atoms with Crippen molar-refractivity contribution in [2.24, 2.45) is 0 Å². The molecule has 0 fully saturated rings. The minimum Gasteiger partial charge on any atom is -0.493 e. The summed E-state index contributed by atoms with van der Waals surface area (Å²) in [5.41, 5.74) is 1.84. The molecule has 0 heterocycles. The second-order valence-electron chi connectivity index (χ2n) is 7.44. The van der Waals surface area contributed by atoms with Crippen LogP contribution in [0.15, 0.2) is 89.8 Å². The number of carboxylic acids is 1. The summed E-state index contributed by atoms with van der Waals surface area (Å²) in [5.74, 6) is -0.468. The van der Waals surface area contributed by atoms with Crippen molar-refractivity contribution in [3.63, 3.8) is 0 Å². The highest BCUT2D eigenvalue weighted by Gasteiger charge is 2.13. The first-order chi connectivity index (χ1) is 16.3. The monoisotopic (exact) mass is 479 g/mol. The number of nitrogens with one attached hydrogen (secondary N) is 1. The molecule has 0 aliphatic carbocycles. The zero-order valence-electron chi connectivity index (χ0n) is 18.4. The van der Waals surface area contributed by atoms with Gasteiger partial charge in [-0.1, -0.05) is 54.6 Å². The third-order valence-electron chi connectivity index (χ3n) is 4.84. The number of para-hydroxylation sites is 1. The van der Waals surface area contributed by atoms with E-state index in [0.29, 0.717) is 23.4 Å². The van der Waals surface area contributed by atoms with Crippen molar-refractivity contribution in [1.29, 1.82) is 0 Å². The van der Waals surface area contributed by atoms with Crippen LogP contribution in [-0.4, -0.2) is 31.9 Å². The van der Waals surface area contributed by atoms with E-state index in [-0.39, 0.29) is 30.1 Å². The molecule has 8 heteroatoms. The largest absolute Gasteiger partial charge is 0.493 e. The highest BCUT2D eigenvalue weighted by molar-refractivity contribution is 7.92. The number of carbonyl (C=O) groups excluding carboxylic acids is 1. The molecule has 34 heavy (non-hydrogen) atoms. The third-order valence-corrected chi connectivity index (χ3v) is 6.24. The number of ether oxygens (including phenoxy) is 1. The van der Waals surface area contributed by atoms with Crippen molar-refractivity contribution in [1.82, 2.24) is 0 Å². The SMILES string of the molecule is O=C(O)CCc1ccccc1OCCC(=O)/C=C/c1cccc(NS(=O)(=O)c2ccccc2)c1. The van der Waals surface area contributed by atoms with E-state index in [9.17, 15) is 18.0 Å². The van der Waals surface area contributed by atoms with Gasteiger partial charge in [-0.05, 0) is 54.0 Å². The zero-order chi connectivity index (χ0) is 24.4. The number of aliphatic carboxylic acids is 1. The van der Waals surface area contributed by atoms with E-state index in [4.69, 9.17) is 9.84 Å². The van der Waals surface area contributed by atoms with Crippen molar-refractivity contribution < 1.29 is 27.9 Å². The Morgan fingerprint density at radius 3 is 2.41 bits per heavy atom. The number of sulfonamides is 1. The summed E-state index contributed by atoms with van der Waals surface area (Å²) < 4.78 is 33.2. The van der Waals surface area contributed by atoms with Crippen LogP contribution >= 0.6 is 0 Å². The third kappa shape index (κ3) is 7.60. The smallest absolute Gasteiger partial charge is 0.303 e. The van der Waals surface area contributed by atoms with E-state index in [2.05, 4.69) is 4.72 Å². The molecule has 3 aromatic rings. The summed E-state index contributed by atoms with van der Waals surface area (Å²) >= 11 is 0. The van der Waals surface area contributed by atoms with Gasteiger partial charge in [-0.15, -0.1) is 0 Å². The van der Waals surface area contributed by atoms with Gasteiger partial charge >= 0.3 is 5.97 Å². The predicted octanol–water partition coefficient (Wildman–Crippen LogP) is 4.56. The Kier molecular flexibility index (Phi) is 8.59. The molecule has 0 saturated heterocycles. The van der Waals surface area contributed by atoms with Crippen LogP contribution in [0.5, 0.6) is 5.75 Å². The number of anilines is 1. The topological polar surface area (TPSA) is 110 Å². The molecular weight excluding hydrogens is 454 g/mol. The molecular formula is C26H25NO6S. The number of aryl methyl sites for hydroxylation is 1. The Labute approximate surface area is 198 Å². The van der Waals surface area contributed by atoms with Gasteiger partial charge in [0, 0.05) is 18.5 Å². The van der Waals surface area contributed by atoms with Crippen LogP contribution in [0.3, 0.4) is 0 Å². The fourth-order valence-corrected chi connectivity index (χ4v) is 4.22. The second-order valence-corrected chi connectivity index (χ2v) is 9.13. The number of hydrogen-bond donors (Lipinski definition) is 2. The van der Waals surface area contributed by atoms with E-state index in [1.165, 1.54) is 18.2 Å². The van der Waals surface area contributed by atoms with Crippen LogP contribution < -0.4 is 9.46 Å². The van der Waals surface area contributed by atoms with Crippen molar-refractivity contribution in [2.75, 3.05) is 11.3 Å². The van der Waals surface area contributed by atoms with Crippen molar-refractivity contribution in [3.8, 4) is 5.75 Å². The average Bonchev–Trinajstić information content (AvgIpc) is 2.82. The van der Waals surface area contributed by atoms with E-state index in [0.717, 1.165) is 5.56 Å². The standard InChI is InChI=1S/C26H25NO6S/c28-23(17-18-33-25-12-5-4-8-21(25)14-16-26(29)30)15-13-20-7-6-9-22(19-20)27-34(31,32)24-10-2-1-3-11-24/h1-13,15,19,27H,14,16-18H2,(H,29,30)/b15-13+. The number of carboxylic acid groups (broad SMARTS) is 1. The Morgan fingerprint density at radius 2 is 1.65 bits per heavy atom. The van der Waals surface area contributed by atoms with Crippen molar-refractivity contribution >= 4 is 33.5 Å². The van der Waals surface area contributed by atoms with Crippen LogP contribution in [0.1, 0.15) is 24.0 Å². The van der Waals surface area contributed by atoms with Gasteiger partial charge in [0.1, 0.15) is 5.75 Å². The summed E-state index contributed by atoms with van der Waals surface area (Å²) in [6.45, 7) is 0.157. The molecule has 0 spiro atoms. The first-order valence-electron chi connectivity index (χ1n) is 10.6. The number of ketones is 1. The van der Waals surface area contributed by atoms with Crippen LogP contribution in [0.2, 0.25) is 0 Å². The lowest BCUT2D eigenvalue weighted by Crippen LogP contribution is -2.12. The summed E-state index contributed by atoms with van der Waals surface area (Å²) in [7, 11) is -3.70. The molecule has 2 N–H and O–H groups in total. The Hall–Kier alpha value is -3.91. The predicted molar refractivity (Wildman–Crippen MR) is 130 cm³/mol. The number of hydrogen-bond acceptors (Lipinski definition) is 5. The Morgan fingerprint density at radius 1 is 0.912 bits per heavy atom. The van der Waals surface area contributed by atoms with Crippen molar-refractivity contribution in [3.05, 3.63) is 96.1 Å². The maximum Gasteiger partial charge on any atom is 0.303 e. The van der Waals surface area contributed by atoms with Crippen molar-refractivity contribution in [2.45, 2.75) is 24.2 Å². The molecule has 0 bridgehead atoms. The van der Waals surface area contributed by atoms with Crippen LogP contribution in [-0.2, 0) is 26.0 Å². The quantitative estimate of drug-likeness (QED) is 0.369. The van der Waals surface area contributed by atoms with Gasteiger partial charge in [-0.2, -0.15) is 0 Å². The number of benzene rings is 3. The number of rotatable bonds is 12. The van der Waals surface area contributed by atoms with Gasteiger partial charge in [0.05, 0.1) is 11.5 Å². The minimum absolute atomic E-state index is 0.00259. The van der Waals surface area contributed by atoms with Gasteiger partial charge in [0.2, 0.25) is 0 Å². The molecule has 176 valence electrons. The molecule has 0 aromatic heterocycles. The first-order valence-corrected chi connectivity index (χ1v) is 12.1. The maximum absolute atomic E-state index is 12.5. The average molecular weight is 480 g/mol. The molecule has 0 unspecified atom stereocenters. The van der Waals surface area contributed by atoms with Crippen LogP contribution in [0.25, 0.3) is 6.08 Å². The summed E-state index contributed by atoms with van der Waals surface area (Å²) in [5, 5.41) is 8.87. The zero-order valence-corrected chi connectivity index (χ0v) is 19.2. The molecule has 0 atom stereocenters. The van der Waals surface area contributed by atoms with Gasteiger partial charge < -0.3 is 9.84 Å². The van der Waals surface area contributed by atoms with E-state index >= 15 is 0 Å². The Bertz CT molecular complexity index is 1270. The van der Waals surface area contributed by atoms with E-state index < -0.39 is 16.0 Å². The minimum atomic E-state index is -3.70.